The number of esters is 1. The van der Waals surface area contributed by atoms with Crippen molar-refractivity contribution in [2.45, 2.75) is 24.8 Å². The van der Waals surface area contributed by atoms with Crippen LogP contribution in [0.5, 0.6) is 0 Å². The summed E-state index contributed by atoms with van der Waals surface area (Å²) < 4.78 is 30.4. The maximum absolute atomic E-state index is 11.9. The van der Waals surface area contributed by atoms with Crippen LogP contribution in [0.15, 0.2) is 29.2 Å². The number of hydrogen-bond donors (Lipinski definition) is 3. The van der Waals surface area contributed by atoms with Gasteiger partial charge in [-0.15, -0.1) is 0 Å². The van der Waals surface area contributed by atoms with E-state index in [1.807, 2.05) is 0 Å². The fourth-order valence-electron chi connectivity index (χ4n) is 1.80. The first-order valence-corrected chi connectivity index (χ1v) is 8.97. The van der Waals surface area contributed by atoms with Crippen molar-refractivity contribution in [1.29, 1.82) is 0 Å². The lowest BCUT2D eigenvalue weighted by molar-refractivity contribution is -0.130. The van der Waals surface area contributed by atoms with E-state index in [9.17, 15) is 22.8 Å². The van der Waals surface area contributed by atoms with Crippen molar-refractivity contribution >= 4 is 27.8 Å². The number of nitrogens with one attached hydrogen (secondary N) is 3. The van der Waals surface area contributed by atoms with Gasteiger partial charge in [0, 0.05) is 6.54 Å². The molecule has 1 atom stereocenters. The average Bonchev–Trinajstić information content (AvgIpc) is 2.59. The Morgan fingerprint density at radius 2 is 1.92 bits per heavy atom. The Bertz CT molecular complexity index is 747. The maximum Gasteiger partial charge on any atom is 0.338 e. The molecular weight excluding hydrogens is 350 g/mol. The Kier molecular flexibility index (Phi) is 7.52. The van der Waals surface area contributed by atoms with Gasteiger partial charge in [-0.2, -0.15) is 0 Å². The standard InChI is InChI=1S/C15H21N3O6S/c1-4-17-14(20)10(2)18-13(19)9-24-15(21)11-6-5-7-12(8-11)25(22,23)16-3/h5-8,10,16H,4,9H2,1-3H3,(H,17,20)(H,18,19)/t10-/m1/s1. The van der Waals surface area contributed by atoms with Crippen LogP contribution < -0.4 is 15.4 Å². The Morgan fingerprint density at radius 1 is 1.24 bits per heavy atom. The molecule has 0 saturated heterocycles. The molecule has 9 nitrogen and oxygen atoms in total. The van der Waals surface area contributed by atoms with Crippen LogP contribution in [0.4, 0.5) is 0 Å². The molecular formula is C15H21N3O6S. The van der Waals surface area contributed by atoms with Crippen molar-refractivity contribution < 1.29 is 27.5 Å². The molecule has 1 aromatic rings. The van der Waals surface area contributed by atoms with Gasteiger partial charge in [-0.05, 0) is 39.1 Å². The van der Waals surface area contributed by atoms with E-state index in [4.69, 9.17) is 4.74 Å². The molecule has 25 heavy (non-hydrogen) atoms. The number of rotatable bonds is 8. The number of ether oxygens (including phenoxy) is 1. The quantitative estimate of drug-likeness (QED) is 0.523. The molecule has 0 saturated carbocycles. The third-order valence-corrected chi connectivity index (χ3v) is 4.52. The summed E-state index contributed by atoms with van der Waals surface area (Å²) in [6.45, 7) is 3.08. The molecule has 0 aliphatic carbocycles. The van der Waals surface area contributed by atoms with Crippen molar-refractivity contribution in [2.24, 2.45) is 0 Å². The van der Waals surface area contributed by atoms with Crippen LogP contribution in [0, 0.1) is 0 Å². The van der Waals surface area contributed by atoms with Crippen LogP contribution in [0.2, 0.25) is 0 Å². The van der Waals surface area contributed by atoms with Gasteiger partial charge in [0.1, 0.15) is 6.04 Å². The summed E-state index contributed by atoms with van der Waals surface area (Å²) in [6, 6.07) is 4.45. The Hall–Kier alpha value is -2.46. The fraction of sp³-hybridized carbons (Fsp3) is 0.400. The van der Waals surface area contributed by atoms with E-state index < -0.39 is 34.5 Å². The van der Waals surface area contributed by atoms with E-state index in [1.165, 1.54) is 32.2 Å². The van der Waals surface area contributed by atoms with E-state index in [0.29, 0.717) is 6.54 Å². The minimum absolute atomic E-state index is 0.0131. The van der Waals surface area contributed by atoms with Crippen LogP contribution in [-0.2, 0) is 24.3 Å². The molecule has 10 heteroatoms. The molecule has 2 amide bonds. The van der Waals surface area contributed by atoms with Crippen molar-refractivity contribution in [1.82, 2.24) is 15.4 Å². The highest BCUT2D eigenvalue weighted by Gasteiger charge is 2.18. The van der Waals surface area contributed by atoms with E-state index in [1.54, 1.807) is 6.92 Å². The SMILES string of the molecule is CCNC(=O)[C@@H](C)NC(=O)COC(=O)c1cccc(S(=O)(=O)NC)c1. The van der Waals surface area contributed by atoms with Gasteiger partial charge in [0.15, 0.2) is 6.61 Å². The van der Waals surface area contributed by atoms with Crippen molar-refractivity contribution in [3.8, 4) is 0 Å². The molecule has 0 radical (unpaired) electrons. The van der Waals surface area contributed by atoms with Crippen molar-refractivity contribution in [3.05, 3.63) is 29.8 Å². The summed E-state index contributed by atoms with van der Waals surface area (Å²) in [5.74, 6) is -1.85. The Labute approximate surface area is 146 Å². The molecule has 0 bridgehead atoms. The van der Waals surface area contributed by atoms with Gasteiger partial charge in [-0.3, -0.25) is 9.59 Å². The lowest BCUT2D eigenvalue weighted by atomic mass is 10.2. The molecule has 3 N–H and O–H groups in total. The summed E-state index contributed by atoms with van der Waals surface area (Å²) in [6.07, 6.45) is 0. The zero-order chi connectivity index (χ0) is 19.0. The molecule has 0 aromatic heterocycles. The molecule has 0 aliphatic rings. The first-order valence-electron chi connectivity index (χ1n) is 7.49. The number of hydrogen-bond acceptors (Lipinski definition) is 6. The Balaban J connectivity index is 2.64. The van der Waals surface area contributed by atoms with Gasteiger partial charge in [0.25, 0.3) is 5.91 Å². The van der Waals surface area contributed by atoms with Gasteiger partial charge in [-0.1, -0.05) is 6.07 Å². The number of carbonyl (C=O) groups is 3. The van der Waals surface area contributed by atoms with Crippen LogP contribution in [0.25, 0.3) is 0 Å². The molecule has 138 valence electrons. The smallest absolute Gasteiger partial charge is 0.338 e. The highest BCUT2D eigenvalue weighted by molar-refractivity contribution is 7.89. The Morgan fingerprint density at radius 3 is 2.52 bits per heavy atom. The van der Waals surface area contributed by atoms with Gasteiger partial charge >= 0.3 is 5.97 Å². The number of benzene rings is 1. The maximum atomic E-state index is 11.9. The third kappa shape index (κ3) is 6.16. The van der Waals surface area contributed by atoms with Crippen molar-refractivity contribution in [2.75, 3.05) is 20.2 Å². The monoisotopic (exact) mass is 371 g/mol. The predicted octanol–water partition coefficient (Wildman–Crippen LogP) is -0.608. The number of amides is 2. The summed E-state index contributed by atoms with van der Waals surface area (Å²) in [5, 5.41) is 4.92. The molecule has 1 aromatic carbocycles. The molecule has 0 spiro atoms. The summed E-state index contributed by atoms with van der Waals surface area (Å²) in [5.41, 5.74) is -0.0131. The zero-order valence-electron chi connectivity index (χ0n) is 14.2. The molecule has 0 heterocycles. The van der Waals surface area contributed by atoms with Gasteiger partial charge in [-0.25, -0.2) is 17.9 Å². The van der Waals surface area contributed by atoms with Crippen LogP contribution in [0.3, 0.4) is 0 Å². The van der Waals surface area contributed by atoms with E-state index in [-0.39, 0.29) is 16.4 Å². The first kappa shape index (κ1) is 20.6. The predicted molar refractivity (Wildman–Crippen MR) is 89.3 cm³/mol. The lowest BCUT2D eigenvalue weighted by Gasteiger charge is -2.13. The van der Waals surface area contributed by atoms with Gasteiger partial charge in [0.05, 0.1) is 10.5 Å². The largest absolute Gasteiger partial charge is 0.452 e. The number of sulfonamides is 1. The number of likely N-dealkylation sites (N-methyl/N-ethyl adjacent to an activating group) is 1. The van der Waals surface area contributed by atoms with E-state index in [0.717, 1.165) is 6.07 Å². The molecule has 0 unspecified atom stereocenters. The second kappa shape index (κ2) is 9.14. The van der Waals surface area contributed by atoms with Gasteiger partial charge < -0.3 is 15.4 Å². The number of carbonyl (C=O) groups excluding carboxylic acids is 3. The second-order valence-electron chi connectivity index (χ2n) is 5.00. The normalized spacial score (nSPS) is 12.1. The molecule has 1 rings (SSSR count). The zero-order valence-corrected chi connectivity index (χ0v) is 15.0. The first-order chi connectivity index (χ1) is 11.7. The van der Waals surface area contributed by atoms with Gasteiger partial charge in [0.2, 0.25) is 15.9 Å². The topological polar surface area (TPSA) is 131 Å². The minimum Gasteiger partial charge on any atom is -0.452 e. The average molecular weight is 371 g/mol. The summed E-state index contributed by atoms with van der Waals surface area (Å²) in [4.78, 5) is 35.0. The lowest BCUT2D eigenvalue weighted by Crippen LogP contribution is -2.46. The summed E-state index contributed by atoms with van der Waals surface area (Å²) >= 11 is 0. The second-order valence-corrected chi connectivity index (χ2v) is 6.88. The fourth-order valence-corrected chi connectivity index (χ4v) is 2.57. The minimum atomic E-state index is -3.70. The van der Waals surface area contributed by atoms with Crippen molar-refractivity contribution in [3.63, 3.8) is 0 Å². The molecule has 0 aliphatic heterocycles. The highest BCUT2D eigenvalue weighted by atomic mass is 32.2. The summed E-state index contributed by atoms with van der Waals surface area (Å²) in [7, 11) is -2.45. The third-order valence-electron chi connectivity index (χ3n) is 3.10. The highest BCUT2D eigenvalue weighted by Crippen LogP contribution is 2.12. The van der Waals surface area contributed by atoms with Crippen LogP contribution >= 0.6 is 0 Å². The molecule has 0 fully saturated rings. The van der Waals surface area contributed by atoms with Crippen LogP contribution in [0.1, 0.15) is 24.2 Å². The van der Waals surface area contributed by atoms with E-state index in [2.05, 4.69) is 15.4 Å². The van der Waals surface area contributed by atoms with E-state index >= 15 is 0 Å². The van der Waals surface area contributed by atoms with Crippen LogP contribution in [-0.4, -0.2) is 52.4 Å².